The van der Waals surface area contributed by atoms with Gasteiger partial charge < -0.3 is 10.0 Å². The van der Waals surface area contributed by atoms with Crippen molar-refractivity contribution in [1.29, 1.82) is 0 Å². The van der Waals surface area contributed by atoms with E-state index in [1.54, 1.807) is 30.3 Å². The molecule has 1 amide bonds. The molecule has 1 saturated carbocycles. The number of hydrogen-bond acceptors (Lipinski definition) is 3. The maximum atomic E-state index is 13.9. The lowest BCUT2D eigenvalue weighted by Gasteiger charge is -2.52. The van der Waals surface area contributed by atoms with Gasteiger partial charge in [0.1, 0.15) is 0 Å². The summed E-state index contributed by atoms with van der Waals surface area (Å²) in [6, 6.07) is 26.1. The van der Waals surface area contributed by atoms with Crippen molar-refractivity contribution in [2.75, 3.05) is 6.54 Å². The number of nitrogens with zero attached hydrogens (tertiary/aromatic N) is 1. The zero-order chi connectivity index (χ0) is 22.8. The van der Waals surface area contributed by atoms with Gasteiger partial charge in [-0.2, -0.15) is 0 Å². The average Bonchev–Trinajstić information content (AvgIpc) is 2.89. The highest BCUT2D eigenvalue weighted by atomic mass is 16.3. The molecule has 1 aliphatic carbocycles. The predicted octanol–water partition coefficient (Wildman–Crippen LogP) is 5.21. The van der Waals surface area contributed by atoms with Crippen LogP contribution >= 0.6 is 0 Å². The number of likely N-dealkylation sites (tertiary alicyclic amines) is 1. The molecule has 5 rings (SSSR count). The molecular formula is C29H29NO3. The third kappa shape index (κ3) is 3.89. The van der Waals surface area contributed by atoms with E-state index in [1.807, 2.05) is 59.5 Å². The van der Waals surface area contributed by atoms with Crippen LogP contribution < -0.4 is 0 Å². The van der Waals surface area contributed by atoms with Crippen LogP contribution in [0.3, 0.4) is 0 Å². The maximum Gasteiger partial charge on any atom is 0.254 e. The molecule has 0 spiro atoms. The fourth-order valence-corrected chi connectivity index (χ4v) is 5.79. The van der Waals surface area contributed by atoms with Crippen molar-refractivity contribution in [3.8, 4) is 0 Å². The van der Waals surface area contributed by atoms with Gasteiger partial charge in [0.15, 0.2) is 5.78 Å². The van der Waals surface area contributed by atoms with Gasteiger partial charge in [-0.05, 0) is 30.9 Å². The van der Waals surface area contributed by atoms with Crippen LogP contribution in [-0.4, -0.2) is 34.3 Å². The molecule has 0 bridgehead atoms. The van der Waals surface area contributed by atoms with Crippen LogP contribution in [0.5, 0.6) is 0 Å². The monoisotopic (exact) mass is 439 g/mol. The van der Waals surface area contributed by atoms with Crippen molar-refractivity contribution in [2.45, 2.75) is 43.7 Å². The van der Waals surface area contributed by atoms with Gasteiger partial charge in [-0.1, -0.05) is 91.7 Å². The van der Waals surface area contributed by atoms with Crippen molar-refractivity contribution < 1.29 is 14.7 Å². The molecule has 3 atom stereocenters. The normalized spacial score (nSPS) is 24.7. The van der Waals surface area contributed by atoms with Crippen LogP contribution in [0, 0.1) is 5.92 Å². The second-order valence-corrected chi connectivity index (χ2v) is 9.24. The average molecular weight is 440 g/mol. The zero-order valence-corrected chi connectivity index (χ0v) is 18.7. The van der Waals surface area contributed by atoms with Crippen molar-refractivity contribution in [2.24, 2.45) is 5.92 Å². The first kappa shape index (κ1) is 21.6. The number of fused-ring (bicyclic) bond motifs is 1. The number of aliphatic hydroxyl groups is 1. The van der Waals surface area contributed by atoms with E-state index in [9.17, 15) is 14.7 Å². The molecule has 4 nitrogen and oxygen atoms in total. The Morgan fingerprint density at radius 1 is 0.788 bits per heavy atom. The molecular weight excluding hydrogens is 410 g/mol. The van der Waals surface area contributed by atoms with Gasteiger partial charge in [0.05, 0.1) is 11.2 Å². The van der Waals surface area contributed by atoms with Gasteiger partial charge in [0.25, 0.3) is 5.91 Å². The Morgan fingerprint density at radius 2 is 1.39 bits per heavy atom. The molecule has 0 radical (unpaired) electrons. The summed E-state index contributed by atoms with van der Waals surface area (Å²) in [7, 11) is 0. The van der Waals surface area contributed by atoms with Crippen molar-refractivity contribution >= 4 is 11.7 Å². The lowest BCUT2D eigenvalue weighted by atomic mass is 9.66. The van der Waals surface area contributed by atoms with E-state index in [0.717, 1.165) is 31.2 Å². The highest BCUT2D eigenvalue weighted by Crippen LogP contribution is 2.47. The third-order valence-corrected chi connectivity index (χ3v) is 7.45. The van der Waals surface area contributed by atoms with Crippen molar-refractivity contribution in [3.63, 3.8) is 0 Å². The molecule has 2 fully saturated rings. The highest BCUT2D eigenvalue weighted by molar-refractivity contribution is 6.15. The van der Waals surface area contributed by atoms with E-state index in [4.69, 9.17) is 0 Å². The minimum Gasteiger partial charge on any atom is -0.385 e. The Kier molecular flexibility index (Phi) is 5.86. The minimum absolute atomic E-state index is 0.0108. The lowest BCUT2D eigenvalue weighted by Crippen LogP contribution is -2.59. The first-order valence-corrected chi connectivity index (χ1v) is 11.9. The summed E-state index contributed by atoms with van der Waals surface area (Å²) in [5.41, 5.74) is 1.47. The number of hydrogen-bond donors (Lipinski definition) is 1. The lowest BCUT2D eigenvalue weighted by molar-refractivity contribution is -0.110. The standard InChI is InChI=1S/C29H29NO3/c31-27(21-11-3-1-4-12-21)23-15-7-8-16-24(23)28(32)30-20-19-29(33,22-13-5-2-6-14-22)25-17-9-10-18-26(25)30/h1-8,11-16,25-26,33H,9-10,17-20H2/t25-,26-,29-/m1/s1. The van der Waals surface area contributed by atoms with Crippen LogP contribution in [0.15, 0.2) is 84.9 Å². The number of amides is 1. The number of piperidine rings is 1. The molecule has 1 N–H and O–H groups in total. The van der Waals surface area contributed by atoms with Crippen LogP contribution in [0.4, 0.5) is 0 Å². The van der Waals surface area contributed by atoms with Crippen LogP contribution in [0.1, 0.15) is 63.9 Å². The van der Waals surface area contributed by atoms with Gasteiger partial charge in [0.2, 0.25) is 0 Å². The number of ketones is 1. The molecule has 4 heteroatoms. The largest absolute Gasteiger partial charge is 0.385 e. The van der Waals surface area contributed by atoms with Crippen molar-refractivity contribution in [1.82, 2.24) is 4.90 Å². The van der Waals surface area contributed by atoms with E-state index in [-0.39, 0.29) is 23.7 Å². The summed E-state index contributed by atoms with van der Waals surface area (Å²) in [4.78, 5) is 29.0. The van der Waals surface area contributed by atoms with E-state index < -0.39 is 5.60 Å². The summed E-state index contributed by atoms with van der Waals surface area (Å²) >= 11 is 0. The predicted molar refractivity (Wildman–Crippen MR) is 128 cm³/mol. The summed E-state index contributed by atoms with van der Waals surface area (Å²) < 4.78 is 0. The van der Waals surface area contributed by atoms with Gasteiger partial charge >= 0.3 is 0 Å². The Bertz CT molecular complexity index is 1140. The van der Waals surface area contributed by atoms with Crippen LogP contribution in [0.25, 0.3) is 0 Å². The van der Waals surface area contributed by atoms with Gasteiger partial charge in [-0.3, -0.25) is 9.59 Å². The maximum absolute atomic E-state index is 13.9. The van der Waals surface area contributed by atoms with Gasteiger partial charge in [0, 0.05) is 29.6 Å². The van der Waals surface area contributed by atoms with Gasteiger partial charge in [-0.15, -0.1) is 0 Å². The van der Waals surface area contributed by atoms with Crippen LogP contribution in [-0.2, 0) is 5.60 Å². The molecule has 0 aromatic heterocycles. The Balaban J connectivity index is 1.48. The first-order chi connectivity index (χ1) is 16.1. The Labute approximate surface area is 194 Å². The molecule has 3 aromatic rings. The second kappa shape index (κ2) is 8.95. The molecule has 1 aliphatic heterocycles. The number of carbonyl (C=O) groups is 2. The summed E-state index contributed by atoms with van der Waals surface area (Å²) in [5, 5.41) is 11.8. The minimum atomic E-state index is -0.928. The fraction of sp³-hybridized carbons (Fsp3) is 0.310. The molecule has 1 heterocycles. The quantitative estimate of drug-likeness (QED) is 0.568. The number of rotatable bonds is 4. The van der Waals surface area contributed by atoms with E-state index in [2.05, 4.69) is 0 Å². The van der Waals surface area contributed by atoms with Crippen LogP contribution in [0.2, 0.25) is 0 Å². The second-order valence-electron chi connectivity index (χ2n) is 9.24. The number of benzene rings is 3. The molecule has 2 aliphatic rings. The summed E-state index contributed by atoms with van der Waals surface area (Å²) in [6.45, 7) is 0.471. The Hall–Kier alpha value is -3.24. The molecule has 3 aromatic carbocycles. The topological polar surface area (TPSA) is 57.6 Å². The number of carbonyl (C=O) groups excluding carboxylic acids is 2. The molecule has 0 unspecified atom stereocenters. The van der Waals surface area contributed by atoms with E-state index in [0.29, 0.717) is 29.7 Å². The Morgan fingerprint density at radius 3 is 2.12 bits per heavy atom. The SMILES string of the molecule is O=C(c1ccccc1)c1ccccc1C(=O)N1CC[C@@](O)(c2ccccc2)[C@@H]2CCCC[C@H]21. The van der Waals surface area contributed by atoms with E-state index >= 15 is 0 Å². The summed E-state index contributed by atoms with van der Waals surface area (Å²) in [6.07, 6.45) is 4.37. The van der Waals surface area contributed by atoms with Crippen molar-refractivity contribution in [3.05, 3.63) is 107 Å². The molecule has 168 valence electrons. The summed E-state index contributed by atoms with van der Waals surface area (Å²) in [5.74, 6) is -0.261. The highest BCUT2D eigenvalue weighted by Gasteiger charge is 2.50. The third-order valence-electron chi connectivity index (χ3n) is 7.45. The smallest absolute Gasteiger partial charge is 0.254 e. The van der Waals surface area contributed by atoms with Gasteiger partial charge in [-0.25, -0.2) is 0 Å². The van der Waals surface area contributed by atoms with E-state index in [1.165, 1.54) is 0 Å². The molecule has 1 saturated heterocycles. The first-order valence-electron chi connectivity index (χ1n) is 11.9. The fourth-order valence-electron chi connectivity index (χ4n) is 5.79. The zero-order valence-electron chi connectivity index (χ0n) is 18.7. The molecule has 33 heavy (non-hydrogen) atoms.